The lowest BCUT2D eigenvalue weighted by molar-refractivity contribution is -0.124. The van der Waals surface area contributed by atoms with Gasteiger partial charge in [-0.1, -0.05) is 207 Å². The molecular formula is C109H139N15O5S3. The Morgan fingerprint density at radius 3 is 1.36 bits per heavy atom. The highest BCUT2D eigenvalue weighted by Crippen LogP contribution is 2.61. The Morgan fingerprint density at radius 2 is 0.833 bits per heavy atom. The molecule has 5 saturated carbocycles. The standard InChI is InChI=1S/C27H39N3.C23H27N3OS.C21H29N3OS.C21H25N3OS.C17H19N3O2/c1-4-11-29(12-5-1)13-6-8-25-24-7-2-3-9-26(24)30(28-25)14-10-27-18-21-15-22(19-27)17-23(16-21)20-27;1-17-10-11-18(2)20(14-17)22(27)15-26-21-9-5-4-8-19(21)23(24-26)28-16-25-12-6-3-7-13-25;25-20(17-9-3-1-4-10-17)15-24-19-12-6-5-11-18(19)21(22-24)26-16-23-13-7-2-8-14-23;1-3-9-18(10-4-1)25-17-24-20-12-6-5-11-19(20)21(22-24)26-16-15-23-13-7-2-8-14-23;1-19(2)12-22-17-15-10-6-7-11-16(15)20(18-17)13-21-14-8-4-3-5-9-14/h2-3,7,9,21-23H,1,4-6,8,10-20H2;4-5,8-11,14H,3,6-7,12-13,15-16H2,1-2H3;5-6,11-12,17H,1-4,7-10,13-16H2;1,3-6,9-12H,2,7-8,13-17H2;3-11H,12-13H2,1-2H3. The summed E-state index contributed by atoms with van der Waals surface area (Å²) in [5.41, 5.74) is 10.5. The van der Waals surface area contributed by atoms with Gasteiger partial charge in [0.25, 0.3) is 0 Å². The summed E-state index contributed by atoms with van der Waals surface area (Å²) in [6, 6.07) is 67.7. The molecule has 9 heterocycles. The van der Waals surface area contributed by atoms with Gasteiger partial charge in [0, 0.05) is 51.9 Å². The fourth-order valence-electron chi connectivity index (χ4n) is 21.8. The Balaban J connectivity index is 0.000000116. The maximum Gasteiger partial charge on any atom is 0.242 e. The number of aryl methyl sites for hydroxylation is 4. The number of benzene rings is 8. The van der Waals surface area contributed by atoms with Crippen molar-refractivity contribution < 1.29 is 23.8 Å². The quantitative estimate of drug-likeness (QED) is 0.0222. The number of rotatable bonds is 32. The van der Waals surface area contributed by atoms with Crippen LogP contribution < -0.4 is 14.2 Å². The summed E-state index contributed by atoms with van der Waals surface area (Å²) in [5, 5.41) is 33.3. The monoisotopic (exact) mass is 1830 g/mol. The molecule has 20 nitrogen and oxygen atoms in total. The molecule has 4 saturated heterocycles. The summed E-state index contributed by atoms with van der Waals surface area (Å²) in [4.78, 5) is 37.9. The predicted molar refractivity (Wildman–Crippen MR) is 541 cm³/mol. The third-order valence-corrected chi connectivity index (χ3v) is 31.5. The van der Waals surface area contributed by atoms with Crippen LogP contribution in [0, 0.1) is 42.9 Å². The molecule has 8 aromatic carbocycles. The second-order valence-corrected chi connectivity index (χ2v) is 41.6. The van der Waals surface area contributed by atoms with Gasteiger partial charge >= 0.3 is 0 Å². The first-order valence-electron chi connectivity index (χ1n) is 49.6. The average Bonchev–Trinajstić information content (AvgIpc) is 1.72. The average molecular weight is 1840 g/mol. The number of fused-ring (bicyclic) bond motifs is 5. The molecule has 4 aliphatic heterocycles. The molecule has 4 bridgehead atoms. The van der Waals surface area contributed by atoms with Crippen LogP contribution in [0.1, 0.15) is 188 Å². The van der Waals surface area contributed by atoms with Crippen LogP contribution in [0.2, 0.25) is 0 Å². The number of aromatic nitrogens is 10. The van der Waals surface area contributed by atoms with Crippen molar-refractivity contribution in [2.75, 3.05) is 104 Å². The zero-order valence-electron chi connectivity index (χ0n) is 78.7. The van der Waals surface area contributed by atoms with E-state index in [1.54, 1.807) is 31.0 Å². The minimum atomic E-state index is 0.113. The molecule has 0 N–H and O–H groups in total. The van der Waals surface area contributed by atoms with Crippen molar-refractivity contribution in [2.45, 2.75) is 229 Å². The van der Waals surface area contributed by atoms with E-state index >= 15 is 0 Å². The van der Waals surface area contributed by atoms with E-state index in [4.69, 9.17) is 34.6 Å². The van der Waals surface area contributed by atoms with Crippen LogP contribution in [0.25, 0.3) is 54.5 Å². The number of hydrogen-bond acceptors (Lipinski definition) is 18. The Hall–Kier alpha value is -9.30. The molecule has 0 unspecified atom stereocenters. The molecule has 0 amide bonds. The van der Waals surface area contributed by atoms with Crippen molar-refractivity contribution in [3.05, 3.63) is 223 Å². The molecule has 132 heavy (non-hydrogen) atoms. The minimum Gasteiger partial charge on any atom is -0.471 e. The number of hydrogen-bond donors (Lipinski definition) is 0. The number of likely N-dealkylation sites (tertiary alicyclic amines) is 4. The molecule has 23 heteroatoms. The number of ketones is 2. The van der Waals surface area contributed by atoms with Crippen LogP contribution in [0.15, 0.2) is 215 Å². The number of para-hydroxylation sites is 7. The first-order valence-corrected chi connectivity index (χ1v) is 52.6. The second kappa shape index (κ2) is 47.3. The van der Waals surface area contributed by atoms with Gasteiger partial charge in [-0.25, -0.2) is 9.36 Å². The molecule has 5 aliphatic carbocycles. The third kappa shape index (κ3) is 25.4. The van der Waals surface area contributed by atoms with Gasteiger partial charge in [0.1, 0.15) is 46.4 Å². The van der Waals surface area contributed by atoms with Gasteiger partial charge in [0.2, 0.25) is 5.88 Å². The van der Waals surface area contributed by atoms with E-state index in [0.717, 1.165) is 144 Å². The summed E-state index contributed by atoms with van der Waals surface area (Å²) in [5.74, 6) is 9.24. The Morgan fingerprint density at radius 1 is 0.409 bits per heavy atom. The van der Waals surface area contributed by atoms with Gasteiger partial charge in [-0.3, -0.25) is 38.3 Å². The normalized spacial score (nSPS) is 19.6. The Labute approximate surface area is 795 Å². The summed E-state index contributed by atoms with van der Waals surface area (Å²) in [6.07, 6.45) is 34.9. The van der Waals surface area contributed by atoms with E-state index in [0.29, 0.717) is 43.8 Å². The van der Waals surface area contributed by atoms with Crippen molar-refractivity contribution in [3.8, 4) is 17.4 Å². The number of ether oxygens (including phenoxy) is 3. The van der Waals surface area contributed by atoms with Crippen molar-refractivity contribution in [1.82, 2.24) is 73.4 Å². The lowest BCUT2D eigenvalue weighted by atomic mass is 9.49. The van der Waals surface area contributed by atoms with E-state index in [2.05, 4.69) is 108 Å². The lowest BCUT2D eigenvalue weighted by Gasteiger charge is -2.57. The fourth-order valence-corrected chi connectivity index (χ4v) is 24.9. The molecule has 0 atom stereocenters. The molecule has 13 aromatic rings. The molecule has 22 rings (SSSR count). The molecule has 9 fully saturated rings. The van der Waals surface area contributed by atoms with E-state index in [-0.39, 0.29) is 18.2 Å². The van der Waals surface area contributed by atoms with Gasteiger partial charge in [0.15, 0.2) is 25.0 Å². The topological polar surface area (TPSA) is 167 Å². The number of thioether (sulfide) groups is 3. The van der Waals surface area contributed by atoms with Crippen molar-refractivity contribution >= 4 is 101 Å². The van der Waals surface area contributed by atoms with Crippen molar-refractivity contribution in [1.29, 1.82) is 0 Å². The number of carbonyl (C=O) groups is 2. The number of Topliss-reactive ketones (excluding diaryl/α,β-unsaturated/α-hetero) is 2. The molecular weight excluding hydrogens is 1700 g/mol. The summed E-state index contributed by atoms with van der Waals surface area (Å²) >= 11 is 5.47. The van der Waals surface area contributed by atoms with Gasteiger partial charge in [0.05, 0.1) is 50.4 Å². The summed E-state index contributed by atoms with van der Waals surface area (Å²) in [7, 11) is 3.91. The number of nitrogens with zero attached hydrogens (tertiary/aromatic N) is 15. The zero-order chi connectivity index (χ0) is 90.2. The molecule has 5 aromatic heterocycles. The van der Waals surface area contributed by atoms with Gasteiger partial charge in [-0.05, 0) is 304 Å². The minimum absolute atomic E-state index is 0.113. The van der Waals surface area contributed by atoms with Gasteiger partial charge in [-0.2, -0.15) is 20.4 Å². The Kier molecular flexibility index (Phi) is 33.8. The highest BCUT2D eigenvalue weighted by atomic mass is 32.2. The number of piperidine rings is 4. The van der Waals surface area contributed by atoms with Crippen LogP contribution in [0.5, 0.6) is 17.4 Å². The second-order valence-electron chi connectivity index (χ2n) is 38.7. The highest BCUT2D eigenvalue weighted by molar-refractivity contribution is 7.99. The molecule has 0 spiro atoms. The largest absolute Gasteiger partial charge is 0.471 e. The SMILES string of the molecule is CN(C)COc1nn(COc2ccccc2)c2ccccc12.Cc1ccc(C)c(C(=O)Cn2nc(SCN3CCCCC3)c3ccccc32)c1.O=C(Cn1nc(SCN2CCCCC2)c2ccccc21)C1CCCCC1.c1ccc(OCn2nc(SCCN3CCCCC3)c3ccccc32)cc1.c1ccc2c(c1)c(CCCN1CCCCC1)nn2CCC12CC3CC(CC(C3)C1)C2. The summed E-state index contributed by atoms with van der Waals surface area (Å²) < 4.78 is 27.4. The van der Waals surface area contributed by atoms with E-state index < -0.39 is 0 Å². The van der Waals surface area contributed by atoms with Gasteiger partial charge in [-0.15, -0.1) is 16.9 Å². The zero-order valence-corrected chi connectivity index (χ0v) is 81.1. The maximum atomic E-state index is 13.0. The first kappa shape index (κ1) is 94.5. The molecule has 698 valence electrons. The number of carbonyl (C=O) groups excluding carboxylic acids is 2. The smallest absolute Gasteiger partial charge is 0.242 e. The lowest BCUT2D eigenvalue weighted by Crippen LogP contribution is -2.46. The van der Waals surface area contributed by atoms with Crippen LogP contribution in [0.3, 0.4) is 0 Å². The predicted octanol–water partition coefficient (Wildman–Crippen LogP) is 23.5. The van der Waals surface area contributed by atoms with Crippen LogP contribution in [-0.4, -0.2) is 189 Å². The summed E-state index contributed by atoms with van der Waals surface area (Å²) in [6.45, 7) is 19.4. The molecule has 0 radical (unpaired) electrons. The van der Waals surface area contributed by atoms with Gasteiger partial charge < -0.3 is 24.0 Å². The van der Waals surface area contributed by atoms with E-state index in [1.807, 2.05) is 196 Å². The van der Waals surface area contributed by atoms with Crippen LogP contribution >= 0.6 is 35.3 Å². The van der Waals surface area contributed by atoms with Crippen LogP contribution in [-0.2, 0) is 44.3 Å². The van der Waals surface area contributed by atoms with E-state index in [1.165, 1.54) is 215 Å². The Bertz CT molecular complexity index is 5780. The van der Waals surface area contributed by atoms with E-state index in [9.17, 15) is 9.59 Å². The van der Waals surface area contributed by atoms with Crippen molar-refractivity contribution in [3.63, 3.8) is 0 Å². The first-order chi connectivity index (χ1) is 64.8. The fraction of sp³-hybridized carbons (Fsp3) is 0.495. The molecule has 9 aliphatic rings. The van der Waals surface area contributed by atoms with Crippen molar-refractivity contribution in [2.24, 2.45) is 29.1 Å². The van der Waals surface area contributed by atoms with Crippen LogP contribution in [0.4, 0.5) is 0 Å². The third-order valence-electron chi connectivity index (χ3n) is 28.4. The highest BCUT2D eigenvalue weighted by Gasteiger charge is 2.50. The maximum absolute atomic E-state index is 13.0.